The van der Waals surface area contributed by atoms with Gasteiger partial charge < -0.3 is 0 Å². The molecule has 120 valence electrons. The molecule has 0 aromatic carbocycles. The number of unbranched alkanes of at least 4 members (excludes halogenated alkanes) is 5. The molecular formula is C19H39N. The minimum Gasteiger partial charge on any atom is -0.298 e. The van der Waals surface area contributed by atoms with Crippen LogP contribution in [0.25, 0.3) is 0 Å². The fraction of sp³-hybridized carbons (Fsp3) is 1.00. The quantitative estimate of drug-likeness (QED) is 0.433. The first kappa shape index (κ1) is 18.0. The van der Waals surface area contributed by atoms with Crippen LogP contribution in [-0.4, -0.2) is 23.5 Å². The molecule has 1 nitrogen and oxygen atoms in total. The van der Waals surface area contributed by atoms with Gasteiger partial charge in [0.05, 0.1) is 0 Å². The molecule has 0 radical (unpaired) electrons. The van der Waals surface area contributed by atoms with E-state index in [1.165, 1.54) is 96.6 Å². The van der Waals surface area contributed by atoms with E-state index in [0.717, 1.165) is 0 Å². The molecule has 0 aliphatic carbocycles. The lowest BCUT2D eigenvalue weighted by Crippen LogP contribution is -2.47. The van der Waals surface area contributed by atoms with E-state index in [2.05, 4.69) is 25.7 Å². The van der Waals surface area contributed by atoms with Crippen molar-refractivity contribution in [1.29, 1.82) is 0 Å². The molecule has 1 fully saturated rings. The second kappa shape index (κ2) is 10.7. The molecule has 1 atom stereocenters. The molecule has 1 rings (SSSR count). The van der Waals surface area contributed by atoms with Crippen LogP contribution in [0, 0.1) is 0 Å². The zero-order valence-corrected chi connectivity index (χ0v) is 14.6. The lowest BCUT2D eigenvalue weighted by Gasteiger charge is -2.42. The van der Waals surface area contributed by atoms with Crippen LogP contribution >= 0.6 is 0 Å². The highest BCUT2D eigenvalue weighted by Gasteiger charge is 2.30. The van der Waals surface area contributed by atoms with Crippen LogP contribution in [0.3, 0.4) is 0 Å². The van der Waals surface area contributed by atoms with E-state index in [0.29, 0.717) is 5.54 Å². The van der Waals surface area contributed by atoms with Crippen molar-refractivity contribution in [1.82, 2.24) is 4.90 Å². The summed E-state index contributed by atoms with van der Waals surface area (Å²) in [6.45, 7) is 9.92. The van der Waals surface area contributed by atoms with Crippen LogP contribution in [0.15, 0.2) is 0 Å². The van der Waals surface area contributed by atoms with Crippen molar-refractivity contribution < 1.29 is 0 Å². The predicted octanol–water partition coefficient (Wildman–Crippen LogP) is 6.17. The number of rotatable bonds is 10. The van der Waals surface area contributed by atoms with Crippen molar-refractivity contribution in [3.63, 3.8) is 0 Å². The Bertz CT molecular complexity index is 218. The molecule has 20 heavy (non-hydrogen) atoms. The lowest BCUT2D eigenvalue weighted by molar-refractivity contribution is 0.0837. The Morgan fingerprint density at radius 1 is 0.700 bits per heavy atom. The maximum Gasteiger partial charge on any atom is 0.0181 e. The highest BCUT2D eigenvalue weighted by Crippen LogP contribution is 2.31. The summed E-state index contributed by atoms with van der Waals surface area (Å²) in [5, 5.41) is 0. The van der Waals surface area contributed by atoms with Crippen molar-refractivity contribution in [2.45, 2.75) is 110 Å². The minimum absolute atomic E-state index is 0.493. The summed E-state index contributed by atoms with van der Waals surface area (Å²) in [5.41, 5.74) is 0.493. The molecule has 0 spiro atoms. The van der Waals surface area contributed by atoms with Gasteiger partial charge in [0.2, 0.25) is 0 Å². The van der Waals surface area contributed by atoms with Gasteiger partial charge in [0, 0.05) is 5.54 Å². The summed E-state index contributed by atoms with van der Waals surface area (Å²) in [4.78, 5) is 2.86. The number of nitrogens with zero attached hydrogens (tertiary/aromatic N) is 1. The third-order valence-electron chi connectivity index (χ3n) is 5.26. The number of likely N-dealkylation sites (tertiary alicyclic amines) is 1. The highest BCUT2D eigenvalue weighted by molar-refractivity contribution is 4.87. The van der Waals surface area contributed by atoms with Crippen molar-refractivity contribution in [3.05, 3.63) is 0 Å². The van der Waals surface area contributed by atoms with Crippen LogP contribution < -0.4 is 0 Å². The van der Waals surface area contributed by atoms with E-state index in [9.17, 15) is 0 Å². The molecule has 1 unspecified atom stereocenters. The standard InChI is InChI=1S/C19H39N/c1-4-6-8-12-16-19(3,15-11-7-5-2)20-17-13-9-10-14-18-20/h4-18H2,1-3H3. The fourth-order valence-corrected chi connectivity index (χ4v) is 3.74. The zero-order chi connectivity index (χ0) is 14.7. The smallest absolute Gasteiger partial charge is 0.0181 e. The Balaban J connectivity index is 2.50. The van der Waals surface area contributed by atoms with Crippen LogP contribution in [0.4, 0.5) is 0 Å². The summed E-state index contributed by atoms with van der Waals surface area (Å²) in [6.07, 6.45) is 18.5. The maximum absolute atomic E-state index is 2.86. The summed E-state index contributed by atoms with van der Waals surface area (Å²) < 4.78 is 0. The van der Waals surface area contributed by atoms with E-state index < -0.39 is 0 Å². The monoisotopic (exact) mass is 281 g/mol. The first-order chi connectivity index (χ1) is 9.73. The van der Waals surface area contributed by atoms with Crippen LogP contribution in [0.5, 0.6) is 0 Å². The Morgan fingerprint density at radius 3 is 1.75 bits per heavy atom. The van der Waals surface area contributed by atoms with Gasteiger partial charge in [-0.2, -0.15) is 0 Å². The molecule has 1 saturated heterocycles. The van der Waals surface area contributed by atoms with Gasteiger partial charge in [0.1, 0.15) is 0 Å². The third-order valence-corrected chi connectivity index (χ3v) is 5.26. The molecule has 0 bridgehead atoms. The van der Waals surface area contributed by atoms with Gasteiger partial charge in [-0.05, 0) is 45.7 Å². The van der Waals surface area contributed by atoms with Crippen LogP contribution in [-0.2, 0) is 0 Å². The molecule has 0 aromatic rings. The van der Waals surface area contributed by atoms with E-state index >= 15 is 0 Å². The van der Waals surface area contributed by atoms with Crippen LogP contribution in [0.2, 0.25) is 0 Å². The molecule has 0 amide bonds. The van der Waals surface area contributed by atoms with E-state index in [-0.39, 0.29) is 0 Å². The SMILES string of the molecule is CCCCCCC(C)(CCCCC)N1CCCCCC1. The minimum atomic E-state index is 0.493. The Kier molecular flexibility index (Phi) is 9.59. The van der Waals surface area contributed by atoms with Crippen molar-refractivity contribution in [2.75, 3.05) is 13.1 Å². The van der Waals surface area contributed by atoms with Gasteiger partial charge in [-0.1, -0.05) is 71.6 Å². The van der Waals surface area contributed by atoms with Crippen LogP contribution in [0.1, 0.15) is 104 Å². The third kappa shape index (κ3) is 6.61. The van der Waals surface area contributed by atoms with Crippen molar-refractivity contribution in [3.8, 4) is 0 Å². The first-order valence-electron chi connectivity index (χ1n) is 9.48. The largest absolute Gasteiger partial charge is 0.298 e. The van der Waals surface area contributed by atoms with Crippen molar-refractivity contribution >= 4 is 0 Å². The molecule has 1 heteroatoms. The summed E-state index contributed by atoms with van der Waals surface area (Å²) >= 11 is 0. The Morgan fingerprint density at radius 2 is 1.20 bits per heavy atom. The van der Waals surface area contributed by atoms with Gasteiger partial charge >= 0.3 is 0 Å². The molecule has 0 saturated carbocycles. The maximum atomic E-state index is 2.86. The molecule has 1 heterocycles. The summed E-state index contributed by atoms with van der Waals surface area (Å²) in [5.74, 6) is 0. The summed E-state index contributed by atoms with van der Waals surface area (Å²) in [6, 6.07) is 0. The zero-order valence-electron chi connectivity index (χ0n) is 14.6. The highest BCUT2D eigenvalue weighted by atomic mass is 15.2. The Labute approximate surface area is 128 Å². The topological polar surface area (TPSA) is 3.24 Å². The summed E-state index contributed by atoms with van der Waals surface area (Å²) in [7, 11) is 0. The number of hydrogen-bond donors (Lipinski definition) is 0. The molecule has 1 aliphatic heterocycles. The molecule has 0 N–H and O–H groups in total. The van der Waals surface area contributed by atoms with Gasteiger partial charge in [-0.3, -0.25) is 4.90 Å². The van der Waals surface area contributed by atoms with E-state index in [1.807, 2.05) is 0 Å². The number of hydrogen-bond acceptors (Lipinski definition) is 1. The van der Waals surface area contributed by atoms with E-state index in [1.54, 1.807) is 0 Å². The average molecular weight is 282 g/mol. The van der Waals surface area contributed by atoms with E-state index in [4.69, 9.17) is 0 Å². The second-order valence-electron chi connectivity index (χ2n) is 7.17. The normalized spacial score (nSPS) is 20.6. The van der Waals surface area contributed by atoms with Gasteiger partial charge in [0.15, 0.2) is 0 Å². The van der Waals surface area contributed by atoms with Gasteiger partial charge in [-0.15, -0.1) is 0 Å². The average Bonchev–Trinajstić information content (AvgIpc) is 2.73. The van der Waals surface area contributed by atoms with Gasteiger partial charge in [-0.25, -0.2) is 0 Å². The van der Waals surface area contributed by atoms with Gasteiger partial charge in [0.25, 0.3) is 0 Å². The molecule has 0 aromatic heterocycles. The lowest BCUT2D eigenvalue weighted by atomic mass is 9.86. The fourth-order valence-electron chi connectivity index (χ4n) is 3.74. The predicted molar refractivity (Wildman–Crippen MR) is 91.3 cm³/mol. The molecule has 1 aliphatic rings. The first-order valence-corrected chi connectivity index (χ1v) is 9.48. The Hall–Kier alpha value is -0.0400. The second-order valence-corrected chi connectivity index (χ2v) is 7.17. The molecular weight excluding hydrogens is 242 g/mol. The van der Waals surface area contributed by atoms with Crippen molar-refractivity contribution in [2.24, 2.45) is 0 Å².